The summed E-state index contributed by atoms with van der Waals surface area (Å²) in [5.74, 6) is -0.388. The third kappa shape index (κ3) is 3.42. The molecule has 2 heterocycles. The molecule has 3 aromatic rings. The van der Waals surface area contributed by atoms with E-state index in [4.69, 9.17) is 14.0 Å². The van der Waals surface area contributed by atoms with Gasteiger partial charge in [-0.25, -0.2) is 0 Å². The number of ketones is 1. The number of benzene rings is 2. The highest BCUT2D eigenvalue weighted by Crippen LogP contribution is 2.44. The SMILES string of the molecule is COc1cccc(/C(O)=C2\C(=O)C(=O)N(c3cc(C)on3)C2c2ccccc2OC)c1. The average molecular weight is 420 g/mol. The van der Waals surface area contributed by atoms with Gasteiger partial charge in [0.1, 0.15) is 29.1 Å². The van der Waals surface area contributed by atoms with Gasteiger partial charge in [-0.3, -0.25) is 14.5 Å². The summed E-state index contributed by atoms with van der Waals surface area (Å²) >= 11 is 0. The molecule has 1 aliphatic rings. The van der Waals surface area contributed by atoms with Crippen molar-refractivity contribution in [3.05, 3.63) is 77.1 Å². The van der Waals surface area contributed by atoms with Crippen molar-refractivity contribution in [2.24, 2.45) is 0 Å². The molecule has 4 rings (SSSR count). The number of amides is 1. The number of para-hydroxylation sites is 1. The Bertz CT molecular complexity index is 1200. The van der Waals surface area contributed by atoms with Crippen molar-refractivity contribution < 1.29 is 28.7 Å². The van der Waals surface area contributed by atoms with Gasteiger partial charge in [0, 0.05) is 17.2 Å². The number of aromatic nitrogens is 1. The first-order chi connectivity index (χ1) is 15.0. The molecule has 0 spiro atoms. The van der Waals surface area contributed by atoms with Crippen LogP contribution < -0.4 is 14.4 Å². The number of aryl methyl sites for hydroxylation is 1. The molecule has 2 aromatic carbocycles. The summed E-state index contributed by atoms with van der Waals surface area (Å²) in [4.78, 5) is 27.4. The number of aliphatic hydroxyl groups excluding tert-OH is 1. The Balaban J connectivity index is 1.98. The van der Waals surface area contributed by atoms with Gasteiger partial charge in [-0.15, -0.1) is 0 Å². The number of methoxy groups -OCH3 is 2. The summed E-state index contributed by atoms with van der Waals surface area (Å²) in [6.07, 6.45) is 0. The van der Waals surface area contributed by atoms with Gasteiger partial charge in [-0.05, 0) is 25.1 Å². The lowest BCUT2D eigenvalue weighted by Gasteiger charge is -2.24. The fourth-order valence-corrected chi connectivity index (χ4v) is 3.65. The molecule has 1 fully saturated rings. The Hall–Kier alpha value is -4.07. The number of rotatable bonds is 5. The quantitative estimate of drug-likeness (QED) is 0.382. The number of carbonyl (C=O) groups excluding carboxylic acids is 2. The number of carbonyl (C=O) groups is 2. The molecule has 1 atom stereocenters. The van der Waals surface area contributed by atoms with Gasteiger partial charge in [-0.2, -0.15) is 0 Å². The lowest BCUT2D eigenvalue weighted by molar-refractivity contribution is -0.132. The molecular formula is C23H20N2O6. The van der Waals surface area contributed by atoms with Crippen LogP contribution in [0.5, 0.6) is 11.5 Å². The number of Topliss-reactive ketones (excluding diaryl/α,β-unsaturated/α-hetero) is 1. The summed E-state index contributed by atoms with van der Waals surface area (Å²) in [6, 6.07) is 14.2. The Morgan fingerprint density at radius 2 is 1.84 bits per heavy atom. The van der Waals surface area contributed by atoms with Crippen molar-refractivity contribution in [3.63, 3.8) is 0 Å². The Morgan fingerprint density at radius 3 is 2.52 bits per heavy atom. The highest BCUT2D eigenvalue weighted by Gasteiger charge is 2.49. The van der Waals surface area contributed by atoms with E-state index < -0.39 is 17.7 Å². The van der Waals surface area contributed by atoms with Crippen molar-refractivity contribution in [1.29, 1.82) is 0 Å². The van der Waals surface area contributed by atoms with Crippen molar-refractivity contribution in [2.75, 3.05) is 19.1 Å². The predicted octanol–water partition coefficient (Wildman–Crippen LogP) is 3.63. The van der Waals surface area contributed by atoms with Gasteiger partial charge < -0.3 is 19.1 Å². The zero-order valence-electron chi connectivity index (χ0n) is 17.2. The van der Waals surface area contributed by atoms with E-state index in [2.05, 4.69) is 5.16 Å². The molecule has 1 aliphatic heterocycles. The first-order valence-corrected chi connectivity index (χ1v) is 9.48. The molecule has 8 nitrogen and oxygen atoms in total. The standard InChI is InChI=1S/C23H20N2O6/c1-13-11-18(24-31-13)25-20(16-9-4-5-10-17(16)30-3)19(22(27)23(25)28)21(26)14-7-6-8-15(12-14)29-2/h4-12,20,26H,1-3H3/b21-19+. The largest absolute Gasteiger partial charge is 0.507 e. The number of aliphatic hydroxyl groups is 1. The summed E-state index contributed by atoms with van der Waals surface area (Å²) < 4.78 is 15.8. The monoisotopic (exact) mass is 420 g/mol. The molecule has 8 heteroatoms. The van der Waals surface area contributed by atoms with E-state index in [1.165, 1.54) is 19.1 Å². The molecular weight excluding hydrogens is 400 g/mol. The van der Waals surface area contributed by atoms with Crippen LogP contribution in [0.1, 0.15) is 22.9 Å². The molecule has 0 radical (unpaired) electrons. The number of nitrogens with zero attached hydrogens (tertiary/aromatic N) is 2. The van der Waals surface area contributed by atoms with E-state index in [1.807, 2.05) is 0 Å². The predicted molar refractivity (Wildman–Crippen MR) is 112 cm³/mol. The molecule has 0 saturated carbocycles. The van der Waals surface area contributed by atoms with Gasteiger partial charge >= 0.3 is 5.91 Å². The maximum absolute atomic E-state index is 13.1. The zero-order chi connectivity index (χ0) is 22.1. The van der Waals surface area contributed by atoms with Crippen LogP contribution in [-0.4, -0.2) is 36.2 Å². The van der Waals surface area contributed by atoms with Gasteiger partial charge in [0.15, 0.2) is 5.82 Å². The molecule has 1 amide bonds. The van der Waals surface area contributed by atoms with E-state index in [1.54, 1.807) is 61.5 Å². The fourth-order valence-electron chi connectivity index (χ4n) is 3.65. The normalized spacial score (nSPS) is 17.8. The second-order valence-electron chi connectivity index (χ2n) is 6.94. The van der Waals surface area contributed by atoms with Crippen LogP contribution in [0.25, 0.3) is 5.76 Å². The zero-order valence-corrected chi connectivity index (χ0v) is 17.2. The van der Waals surface area contributed by atoms with Gasteiger partial charge in [0.05, 0.1) is 19.8 Å². The highest BCUT2D eigenvalue weighted by atomic mass is 16.5. The number of hydrogen-bond acceptors (Lipinski definition) is 7. The van der Waals surface area contributed by atoms with Crippen molar-refractivity contribution in [1.82, 2.24) is 5.16 Å². The Morgan fingerprint density at radius 1 is 1.06 bits per heavy atom. The molecule has 31 heavy (non-hydrogen) atoms. The van der Waals surface area contributed by atoms with Crippen LogP contribution >= 0.6 is 0 Å². The van der Waals surface area contributed by atoms with Crippen molar-refractivity contribution in [2.45, 2.75) is 13.0 Å². The summed E-state index contributed by atoms with van der Waals surface area (Å²) in [7, 11) is 2.99. The van der Waals surface area contributed by atoms with E-state index in [0.29, 0.717) is 28.4 Å². The third-order valence-electron chi connectivity index (χ3n) is 5.08. The van der Waals surface area contributed by atoms with Crippen molar-refractivity contribution >= 4 is 23.3 Å². The molecule has 1 N–H and O–H groups in total. The lowest BCUT2D eigenvalue weighted by atomic mass is 9.94. The average Bonchev–Trinajstić information content (AvgIpc) is 3.33. The fraction of sp³-hybridized carbons (Fsp3) is 0.174. The molecule has 1 aromatic heterocycles. The van der Waals surface area contributed by atoms with Gasteiger partial charge in [0.25, 0.3) is 5.78 Å². The highest BCUT2D eigenvalue weighted by molar-refractivity contribution is 6.51. The van der Waals surface area contributed by atoms with Crippen LogP contribution in [0.2, 0.25) is 0 Å². The molecule has 1 unspecified atom stereocenters. The second-order valence-corrected chi connectivity index (χ2v) is 6.94. The number of anilines is 1. The molecule has 0 bridgehead atoms. The van der Waals surface area contributed by atoms with Crippen molar-refractivity contribution in [3.8, 4) is 11.5 Å². The minimum Gasteiger partial charge on any atom is -0.507 e. The molecule has 1 saturated heterocycles. The van der Waals surface area contributed by atoms with Crippen LogP contribution in [0.3, 0.4) is 0 Å². The van der Waals surface area contributed by atoms with E-state index >= 15 is 0 Å². The second kappa shape index (κ2) is 7.98. The minimum absolute atomic E-state index is 0.0802. The first kappa shape index (κ1) is 20.2. The van der Waals surface area contributed by atoms with Crippen LogP contribution in [0.4, 0.5) is 5.82 Å². The topological polar surface area (TPSA) is 102 Å². The number of hydrogen-bond donors (Lipinski definition) is 1. The van der Waals surface area contributed by atoms with Gasteiger partial charge in [-0.1, -0.05) is 35.5 Å². The van der Waals surface area contributed by atoms with Crippen LogP contribution in [-0.2, 0) is 9.59 Å². The van der Waals surface area contributed by atoms with Crippen LogP contribution in [0.15, 0.2) is 64.7 Å². The summed E-state index contributed by atoms with van der Waals surface area (Å²) in [5.41, 5.74) is 0.784. The Kier molecular flexibility index (Phi) is 5.21. The first-order valence-electron chi connectivity index (χ1n) is 9.48. The molecule has 158 valence electrons. The maximum Gasteiger partial charge on any atom is 0.301 e. The van der Waals surface area contributed by atoms with Gasteiger partial charge in [0.2, 0.25) is 0 Å². The van der Waals surface area contributed by atoms with Crippen LogP contribution in [0, 0.1) is 6.92 Å². The summed E-state index contributed by atoms with van der Waals surface area (Å²) in [5, 5.41) is 15.1. The van der Waals surface area contributed by atoms with E-state index in [-0.39, 0.29) is 17.2 Å². The maximum atomic E-state index is 13.1. The van der Waals surface area contributed by atoms with E-state index in [9.17, 15) is 14.7 Å². The summed E-state index contributed by atoms with van der Waals surface area (Å²) in [6.45, 7) is 1.68. The third-order valence-corrected chi connectivity index (χ3v) is 5.08. The number of ether oxygens (including phenoxy) is 2. The Labute approximate surface area is 178 Å². The van der Waals surface area contributed by atoms with E-state index in [0.717, 1.165) is 0 Å². The minimum atomic E-state index is -0.966. The lowest BCUT2D eigenvalue weighted by Crippen LogP contribution is -2.29. The smallest absolute Gasteiger partial charge is 0.301 e. The molecule has 0 aliphatic carbocycles.